The van der Waals surface area contributed by atoms with Gasteiger partial charge in [0, 0.05) is 18.2 Å². The molecule has 0 aliphatic carbocycles. The predicted molar refractivity (Wildman–Crippen MR) is 113 cm³/mol. The van der Waals surface area contributed by atoms with Crippen LogP contribution in [0.15, 0.2) is 46.8 Å². The third-order valence-corrected chi connectivity index (χ3v) is 7.25. The number of benzene rings is 2. The number of hydrogen-bond acceptors (Lipinski definition) is 9. The molecule has 2 aromatic carbocycles. The van der Waals surface area contributed by atoms with E-state index in [1.807, 2.05) is 6.92 Å². The number of fused-ring (bicyclic) bond motifs is 1. The quantitative estimate of drug-likeness (QED) is 0.544. The fourth-order valence-electron chi connectivity index (χ4n) is 2.78. The molecule has 162 valence electrons. The summed E-state index contributed by atoms with van der Waals surface area (Å²) in [5, 5.41) is 10.5. The van der Waals surface area contributed by atoms with Gasteiger partial charge in [-0.2, -0.15) is 0 Å². The number of carbonyl (C=O) groups excluding carboxylic acids is 1. The smallest absolute Gasteiger partial charge is 0.300 e. The van der Waals surface area contributed by atoms with Crippen LogP contribution in [0.25, 0.3) is 0 Å². The van der Waals surface area contributed by atoms with Gasteiger partial charge in [0.25, 0.3) is 5.91 Å². The molecule has 1 aliphatic rings. The van der Waals surface area contributed by atoms with Crippen LogP contribution in [0.4, 0.5) is 0 Å². The number of rotatable bonds is 8. The largest absolute Gasteiger partial charge is 0.454 e. The molecular formula is C20H19N3O6S2. The van der Waals surface area contributed by atoms with Gasteiger partial charge in [0.2, 0.25) is 21.0 Å². The number of ether oxygens (including phenoxy) is 3. The third-order valence-electron chi connectivity index (χ3n) is 4.31. The Morgan fingerprint density at radius 3 is 2.68 bits per heavy atom. The van der Waals surface area contributed by atoms with Crippen molar-refractivity contribution in [3.8, 4) is 22.4 Å². The second-order valence-electron chi connectivity index (χ2n) is 6.66. The molecule has 1 aliphatic heterocycles. The predicted octanol–water partition coefficient (Wildman–Crippen LogP) is 3.17. The standard InChI is InChI=1S/C20H19N3O6S2/c1-2-9-21-18(24)14-5-3-13(4-6-14)11-31(25,26)20-23-22-19(30-20)29-15-7-8-16-17(10-15)28-12-27-16/h3-8,10H,2,9,11-12H2,1H3,(H,21,24). The highest BCUT2D eigenvalue weighted by molar-refractivity contribution is 7.92. The van der Waals surface area contributed by atoms with Crippen molar-refractivity contribution in [2.24, 2.45) is 0 Å². The molecule has 31 heavy (non-hydrogen) atoms. The second kappa shape index (κ2) is 8.90. The number of sulfone groups is 1. The molecule has 11 heteroatoms. The van der Waals surface area contributed by atoms with Gasteiger partial charge in [-0.1, -0.05) is 24.2 Å². The topological polar surface area (TPSA) is 117 Å². The van der Waals surface area contributed by atoms with Crippen molar-refractivity contribution in [2.45, 2.75) is 23.4 Å². The Bertz CT molecular complexity index is 1190. The lowest BCUT2D eigenvalue weighted by Gasteiger charge is -2.05. The fourth-order valence-corrected chi connectivity index (χ4v) is 5.05. The van der Waals surface area contributed by atoms with E-state index < -0.39 is 9.84 Å². The summed E-state index contributed by atoms with van der Waals surface area (Å²) in [5.74, 6) is 1.14. The van der Waals surface area contributed by atoms with Gasteiger partial charge in [0.1, 0.15) is 5.75 Å². The van der Waals surface area contributed by atoms with Crippen molar-refractivity contribution in [3.63, 3.8) is 0 Å². The van der Waals surface area contributed by atoms with Gasteiger partial charge in [-0.15, -0.1) is 5.10 Å². The average Bonchev–Trinajstić information content (AvgIpc) is 3.42. The van der Waals surface area contributed by atoms with E-state index in [1.165, 1.54) is 0 Å². The maximum absolute atomic E-state index is 12.7. The van der Waals surface area contributed by atoms with Crippen molar-refractivity contribution >= 4 is 27.1 Å². The highest BCUT2D eigenvalue weighted by atomic mass is 32.2. The lowest BCUT2D eigenvalue weighted by atomic mass is 10.1. The molecule has 0 fully saturated rings. The zero-order valence-electron chi connectivity index (χ0n) is 16.5. The molecular weight excluding hydrogens is 442 g/mol. The Labute approximate surface area is 182 Å². The van der Waals surface area contributed by atoms with Crippen molar-refractivity contribution in [1.29, 1.82) is 0 Å². The van der Waals surface area contributed by atoms with Crippen LogP contribution in [-0.2, 0) is 15.6 Å². The summed E-state index contributed by atoms with van der Waals surface area (Å²) in [6, 6.07) is 11.4. The number of nitrogens with one attached hydrogen (secondary N) is 1. The summed E-state index contributed by atoms with van der Waals surface area (Å²) in [6.45, 7) is 2.69. The van der Waals surface area contributed by atoms with Crippen LogP contribution in [0, 0.1) is 0 Å². The first-order valence-electron chi connectivity index (χ1n) is 9.45. The summed E-state index contributed by atoms with van der Waals surface area (Å²) < 4.78 is 41.4. The molecule has 1 N–H and O–H groups in total. The zero-order chi connectivity index (χ0) is 21.8. The minimum atomic E-state index is -3.72. The molecule has 0 saturated carbocycles. The average molecular weight is 462 g/mol. The summed E-state index contributed by atoms with van der Waals surface area (Å²) in [6.07, 6.45) is 0.838. The molecule has 0 atom stereocenters. The molecule has 3 aromatic rings. The molecule has 4 rings (SSSR count). The van der Waals surface area contributed by atoms with E-state index in [0.29, 0.717) is 34.9 Å². The second-order valence-corrected chi connectivity index (χ2v) is 9.77. The fraction of sp³-hybridized carbons (Fsp3) is 0.250. The number of hydrogen-bond donors (Lipinski definition) is 1. The molecule has 0 unspecified atom stereocenters. The first-order valence-corrected chi connectivity index (χ1v) is 11.9. The zero-order valence-corrected chi connectivity index (χ0v) is 18.2. The maximum Gasteiger partial charge on any atom is 0.300 e. The van der Waals surface area contributed by atoms with Gasteiger partial charge in [0.05, 0.1) is 5.75 Å². The van der Waals surface area contributed by atoms with Gasteiger partial charge >= 0.3 is 5.19 Å². The van der Waals surface area contributed by atoms with Gasteiger partial charge in [0.15, 0.2) is 11.5 Å². The molecule has 0 radical (unpaired) electrons. The maximum atomic E-state index is 12.7. The molecule has 9 nitrogen and oxygen atoms in total. The van der Waals surface area contributed by atoms with Crippen molar-refractivity contribution in [3.05, 3.63) is 53.6 Å². The van der Waals surface area contributed by atoms with Crippen LogP contribution in [0.5, 0.6) is 22.4 Å². The highest BCUT2D eigenvalue weighted by Crippen LogP contribution is 2.37. The Morgan fingerprint density at radius 1 is 1.13 bits per heavy atom. The number of amides is 1. The third kappa shape index (κ3) is 4.94. The summed E-state index contributed by atoms with van der Waals surface area (Å²) in [7, 11) is -3.72. The van der Waals surface area contributed by atoms with E-state index in [9.17, 15) is 13.2 Å². The SMILES string of the molecule is CCCNC(=O)c1ccc(CS(=O)(=O)c2nnc(Oc3ccc4c(c3)OCO4)s2)cc1. The lowest BCUT2D eigenvalue weighted by Crippen LogP contribution is -2.23. The molecule has 0 saturated heterocycles. The summed E-state index contributed by atoms with van der Waals surface area (Å²) >= 11 is 0.836. The van der Waals surface area contributed by atoms with E-state index in [4.69, 9.17) is 14.2 Å². The minimum Gasteiger partial charge on any atom is -0.454 e. The van der Waals surface area contributed by atoms with Crippen molar-refractivity contribution < 1.29 is 27.4 Å². The van der Waals surface area contributed by atoms with Crippen LogP contribution >= 0.6 is 11.3 Å². The molecule has 0 bridgehead atoms. The van der Waals surface area contributed by atoms with Crippen LogP contribution in [-0.4, -0.2) is 37.9 Å². The van der Waals surface area contributed by atoms with Gasteiger partial charge in [-0.05, 0) is 47.6 Å². The first-order chi connectivity index (χ1) is 14.9. The van der Waals surface area contributed by atoms with Gasteiger partial charge in [-0.25, -0.2) is 8.42 Å². The van der Waals surface area contributed by atoms with E-state index >= 15 is 0 Å². The van der Waals surface area contributed by atoms with Crippen molar-refractivity contribution in [2.75, 3.05) is 13.3 Å². The van der Waals surface area contributed by atoms with E-state index in [0.717, 1.165) is 17.8 Å². The monoisotopic (exact) mass is 461 g/mol. The van der Waals surface area contributed by atoms with Gasteiger partial charge in [-0.3, -0.25) is 4.79 Å². The van der Waals surface area contributed by atoms with E-state index in [-0.39, 0.29) is 28.0 Å². The lowest BCUT2D eigenvalue weighted by molar-refractivity contribution is 0.0953. The van der Waals surface area contributed by atoms with E-state index in [1.54, 1.807) is 42.5 Å². The molecule has 0 spiro atoms. The van der Waals surface area contributed by atoms with Crippen LogP contribution in [0.3, 0.4) is 0 Å². The Morgan fingerprint density at radius 2 is 1.90 bits per heavy atom. The Hall–Kier alpha value is -3.18. The molecule has 1 aromatic heterocycles. The van der Waals surface area contributed by atoms with Crippen LogP contribution in [0.2, 0.25) is 0 Å². The van der Waals surface area contributed by atoms with Crippen molar-refractivity contribution in [1.82, 2.24) is 15.5 Å². The number of carbonyl (C=O) groups is 1. The summed E-state index contributed by atoms with van der Waals surface area (Å²) in [5.41, 5.74) is 1.02. The number of nitrogens with zero attached hydrogens (tertiary/aromatic N) is 2. The molecule has 1 amide bonds. The highest BCUT2D eigenvalue weighted by Gasteiger charge is 2.23. The van der Waals surface area contributed by atoms with Crippen LogP contribution < -0.4 is 19.5 Å². The normalized spacial score (nSPS) is 12.5. The van der Waals surface area contributed by atoms with Crippen LogP contribution in [0.1, 0.15) is 29.3 Å². The number of aromatic nitrogens is 2. The Kier molecular flexibility index (Phi) is 6.05. The summed E-state index contributed by atoms with van der Waals surface area (Å²) in [4.78, 5) is 12.0. The van der Waals surface area contributed by atoms with Gasteiger partial charge < -0.3 is 19.5 Å². The Balaban J connectivity index is 1.42. The molecule has 2 heterocycles. The minimum absolute atomic E-state index is 0.0976. The van der Waals surface area contributed by atoms with E-state index in [2.05, 4.69) is 15.5 Å². The first kappa shape index (κ1) is 21.1.